The Labute approximate surface area is 99.3 Å². The van der Waals surface area contributed by atoms with Crippen LogP contribution in [0.3, 0.4) is 0 Å². The first kappa shape index (κ1) is 13.2. The summed E-state index contributed by atoms with van der Waals surface area (Å²) in [5, 5.41) is 8.74. The first-order chi connectivity index (χ1) is 7.25. The standard InChI is InChI=1S/C10H18O3S2/c1-2-13-9(12)10(5-3-4-6-11)14-7-8-15-10/h11H,2-8H2,1H3. The Balaban J connectivity index is 2.49. The van der Waals surface area contributed by atoms with Crippen LogP contribution in [0.15, 0.2) is 0 Å². The molecule has 0 aliphatic carbocycles. The molecule has 0 radical (unpaired) electrons. The fraction of sp³-hybridized carbons (Fsp3) is 0.900. The number of unbranched alkanes of at least 4 members (excludes halogenated alkanes) is 1. The van der Waals surface area contributed by atoms with Gasteiger partial charge in [-0.25, -0.2) is 4.79 Å². The van der Waals surface area contributed by atoms with Crippen LogP contribution < -0.4 is 0 Å². The van der Waals surface area contributed by atoms with Crippen molar-refractivity contribution in [1.82, 2.24) is 0 Å². The Morgan fingerprint density at radius 2 is 2.07 bits per heavy atom. The van der Waals surface area contributed by atoms with Crippen LogP contribution in [0.4, 0.5) is 0 Å². The molecule has 0 aromatic heterocycles. The number of hydrogen-bond acceptors (Lipinski definition) is 5. The molecule has 1 fully saturated rings. The second kappa shape index (κ2) is 6.66. The Bertz CT molecular complexity index is 203. The largest absolute Gasteiger partial charge is 0.464 e. The molecule has 5 heteroatoms. The van der Waals surface area contributed by atoms with Crippen molar-refractivity contribution in [3.8, 4) is 0 Å². The van der Waals surface area contributed by atoms with Crippen molar-refractivity contribution in [2.45, 2.75) is 30.3 Å². The number of carbonyl (C=O) groups is 1. The number of ether oxygens (including phenoxy) is 1. The van der Waals surface area contributed by atoms with Gasteiger partial charge in [0.1, 0.15) is 0 Å². The SMILES string of the molecule is CCOC(=O)C1(CCCCO)SCCS1. The molecular formula is C10H18O3S2. The molecule has 88 valence electrons. The number of hydrogen-bond donors (Lipinski definition) is 1. The molecular weight excluding hydrogens is 232 g/mol. The van der Waals surface area contributed by atoms with Crippen molar-refractivity contribution in [2.75, 3.05) is 24.7 Å². The molecule has 0 aromatic rings. The van der Waals surface area contributed by atoms with Crippen molar-refractivity contribution in [1.29, 1.82) is 0 Å². The Morgan fingerprint density at radius 1 is 1.40 bits per heavy atom. The molecule has 1 rings (SSSR count). The molecule has 0 saturated carbocycles. The smallest absolute Gasteiger partial charge is 0.332 e. The van der Waals surface area contributed by atoms with Gasteiger partial charge in [-0.15, -0.1) is 23.5 Å². The lowest BCUT2D eigenvalue weighted by atomic mass is 10.2. The highest BCUT2D eigenvalue weighted by molar-refractivity contribution is 8.22. The van der Waals surface area contributed by atoms with Gasteiger partial charge in [0, 0.05) is 18.1 Å². The van der Waals surface area contributed by atoms with Crippen LogP contribution in [-0.2, 0) is 9.53 Å². The molecule has 0 amide bonds. The predicted octanol–water partition coefficient (Wildman–Crippen LogP) is 1.89. The summed E-state index contributed by atoms with van der Waals surface area (Å²) >= 11 is 3.39. The van der Waals surface area contributed by atoms with E-state index in [2.05, 4.69) is 0 Å². The molecule has 0 bridgehead atoms. The van der Waals surface area contributed by atoms with Gasteiger partial charge in [-0.1, -0.05) is 0 Å². The third kappa shape index (κ3) is 3.57. The van der Waals surface area contributed by atoms with E-state index in [4.69, 9.17) is 9.84 Å². The first-order valence-corrected chi connectivity index (χ1v) is 7.28. The van der Waals surface area contributed by atoms with E-state index in [0.717, 1.165) is 30.8 Å². The van der Waals surface area contributed by atoms with Gasteiger partial charge in [-0.3, -0.25) is 0 Å². The molecule has 1 N–H and O–H groups in total. The highest BCUT2D eigenvalue weighted by Crippen LogP contribution is 2.48. The molecule has 0 unspecified atom stereocenters. The minimum atomic E-state index is -0.384. The lowest BCUT2D eigenvalue weighted by Crippen LogP contribution is -2.31. The average molecular weight is 250 g/mol. The quantitative estimate of drug-likeness (QED) is 0.576. The summed E-state index contributed by atoms with van der Waals surface area (Å²) in [5.41, 5.74) is 0. The van der Waals surface area contributed by atoms with Crippen LogP contribution in [-0.4, -0.2) is 39.9 Å². The van der Waals surface area contributed by atoms with Crippen molar-refractivity contribution in [3.05, 3.63) is 0 Å². The van der Waals surface area contributed by atoms with Crippen molar-refractivity contribution in [3.63, 3.8) is 0 Å². The fourth-order valence-corrected chi connectivity index (χ4v) is 4.62. The van der Waals surface area contributed by atoms with E-state index in [9.17, 15) is 4.79 Å². The topological polar surface area (TPSA) is 46.5 Å². The highest BCUT2D eigenvalue weighted by atomic mass is 32.2. The van der Waals surface area contributed by atoms with Gasteiger partial charge in [-0.05, 0) is 26.2 Å². The Hall–Kier alpha value is 0.130. The lowest BCUT2D eigenvalue weighted by Gasteiger charge is -2.24. The minimum absolute atomic E-state index is 0.0876. The van der Waals surface area contributed by atoms with Crippen LogP contribution in [0.2, 0.25) is 0 Å². The van der Waals surface area contributed by atoms with E-state index in [1.165, 1.54) is 0 Å². The average Bonchev–Trinajstić information content (AvgIpc) is 2.69. The second-order valence-electron chi connectivity index (χ2n) is 3.35. The van der Waals surface area contributed by atoms with E-state index < -0.39 is 0 Å². The van der Waals surface area contributed by atoms with Gasteiger partial charge in [0.15, 0.2) is 4.08 Å². The zero-order valence-corrected chi connectivity index (χ0v) is 10.7. The number of esters is 1. The van der Waals surface area contributed by atoms with E-state index in [1.54, 1.807) is 23.5 Å². The van der Waals surface area contributed by atoms with Crippen LogP contribution in [0.25, 0.3) is 0 Å². The molecule has 0 aromatic carbocycles. The molecule has 1 aliphatic rings. The summed E-state index contributed by atoms with van der Waals surface area (Å²) in [6, 6.07) is 0. The van der Waals surface area contributed by atoms with Crippen LogP contribution in [0, 0.1) is 0 Å². The Morgan fingerprint density at radius 3 is 2.60 bits per heavy atom. The fourth-order valence-electron chi connectivity index (χ4n) is 1.53. The molecule has 1 aliphatic heterocycles. The lowest BCUT2D eigenvalue weighted by molar-refractivity contribution is -0.143. The summed E-state index contributed by atoms with van der Waals surface area (Å²) in [7, 11) is 0. The van der Waals surface area contributed by atoms with Crippen LogP contribution >= 0.6 is 23.5 Å². The number of aliphatic hydroxyl groups is 1. The number of rotatable bonds is 6. The predicted molar refractivity (Wildman–Crippen MR) is 65.2 cm³/mol. The van der Waals surface area contributed by atoms with Gasteiger partial charge in [0.05, 0.1) is 6.61 Å². The molecule has 0 atom stereocenters. The number of thioether (sulfide) groups is 2. The second-order valence-corrected chi connectivity index (χ2v) is 6.40. The molecule has 15 heavy (non-hydrogen) atoms. The van der Waals surface area contributed by atoms with Crippen LogP contribution in [0.5, 0.6) is 0 Å². The zero-order valence-electron chi connectivity index (χ0n) is 9.03. The highest BCUT2D eigenvalue weighted by Gasteiger charge is 2.43. The first-order valence-electron chi connectivity index (χ1n) is 5.31. The van der Waals surface area contributed by atoms with Crippen molar-refractivity contribution >= 4 is 29.5 Å². The summed E-state index contributed by atoms with van der Waals surface area (Å²) < 4.78 is 4.73. The zero-order chi connectivity index (χ0) is 11.1. The van der Waals surface area contributed by atoms with E-state index in [1.807, 2.05) is 6.92 Å². The maximum absolute atomic E-state index is 11.8. The minimum Gasteiger partial charge on any atom is -0.464 e. The third-order valence-corrected chi connectivity index (χ3v) is 5.71. The molecule has 1 saturated heterocycles. The van der Waals surface area contributed by atoms with Gasteiger partial charge >= 0.3 is 5.97 Å². The van der Waals surface area contributed by atoms with Crippen LogP contribution in [0.1, 0.15) is 26.2 Å². The number of aliphatic hydroxyl groups excluding tert-OH is 1. The van der Waals surface area contributed by atoms with E-state index >= 15 is 0 Å². The summed E-state index contributed by atoms with van der Waals surface area (Å²) in [6.45, 7) is 2.49. The summed E-state index contributed by atoms with van der Waals surface area (Å²) in [6.07, 6.45) is 2.46. The summed E-state index contributed by atoms with van der Waals surface area (Å²) in [5.74, 6) is 1.95. The molecule has 1 heterocycles. The Kier molecular flexibility index (Phi) is 5.86. The maximum atomic E-state index is 11.8. The number of carbonyl (C=O) groups excluding carboxylic acids is 1. The van der Waals surface area contributed by atoms with Gasteiger partial charge in [0.2, 0.25) is 0 Å². The maximum Gasteiger partial charge on any atom is 0.332 e. The van der Waals surface area contributed by atoms with Gasteiger partial charge < -0.3 is 9.84 Å². The molecule has 0 spiro atoms. The normalized spacial score (nSPS) is 19.1. The molecule has 3 nitrogen and oxygen atoms in total. The van der Waals surface area contributed by atoms with Gasteiger partial charge in [0.25, 0.3) is 0 Å². The van der Waals surface area contributed by atoms with E-state index in [0.29, 0.717) is 6.61 Å². The van der Waals surface area contributed by atoms with E-state index in [-0.39, 0.29) is 16.7 Å². The monoisotopic (exact) mass is 250 g/mol. The van der Waals surface area contributed by atoms with Gasteiger partial charge in [-0.2, -0.15) is 0 Å². The van der Waals surface area contributed by atoms with Crippen molar-refractivity contribution < 1.29 is 14.6 Å². The summed E-state index contributed by atoms with van der Waals surface area (Å²) in [4.78, 5) is 11.8. The third-order valence-electron chi connectivity index (χ3n) is 2.25. The van der Waals surface area contributed by atoms with Crippen molar-refractivity contribution in [2.24, 2.45) is 0 Å².